The van der Waals surface area contributed by atoms with E-state index in [2.05, 4.69) is 24.5 Å². The van der Waals surface area contributed by atoms with Gasteiger partial charge in [0.05, 0.1) is 0 Å². The summed E-state index contributed by atoms with van der Waals surface area (Å²) in [4.78, 5) is 0. The lowest BCUT2D eigenvalue weighted by Gasteiger charge is -2.05. The highest BCUT2D eigenvalue weighted by molar-refractivity contribution is 4.51. The minimum atomic E-state index is 1.19. The normalized spacial score (nSPS) is 9.75. The summed E-state index contributed by atoms with van der Waals surface area (Å²) in [7, 11) is 0. The van der Waals surface area contributed by atoms with Gasteiger partial charge in [-0.15, -0.1) is 0 Å². The molecular weight excluding hydrogens is 196 g/mol. The van der Waals surface area contributed by atoms with E-state index in [-0.39, 0.29) is 0 Å². The molecule has 0 heterocycles. The first-order chi connectivity index (χ1) is 7.91. The Kier molecular flexibility index (Phi) is 23.3. The molecule has 2 heteroatoms. The third-order valence-corrected chi connectivity index (χ3v) is 2.37. The second-order valence-corrected chi connectivity index (χ2v) is 3.91. The van der Waals surface area contributed by atoms with E-state index in [0.717, 1.165) is 0 Å². The van der Waals surface area contributed by atoms with Gasteiger partial charge >= 0.3 is 0 Å². The van der Waals surface area contributed by atoms with Crippen LogP contribution < -0.4 is 10.6 Å². The first-order valence-corrected chi connectivity index (χ1v) is 7.33. The molecule has 0 rings (SSSR count). The Morgan fingerprint density at radius 2 is 0.875 bits per heavy atom. The van der Waals surface area contributed by atoms with Crippen molar-refractivity contribution in [2.45, 2.75) is 66.2 Å². The van der Waals surface area contributed by atoms with E-state index in [9.17, 15) is 0 Å². The molecule has 0 aliphatic rings. The standard InChI is InChI=1S/C12H28N2.C2H6/c1-3-5-9-13-11-7-8-12-14-10-6-4-2;1-2/h13-14H,3-12H2,1-2H3;1-2H3. The van der Waals surface area contributed by atoms with Crippen LogP contribution in [-0.2, 0) is 0 Å². The van der Waals surface area contributed by atoms with Crippen LogP contribution in [-0.4, -0.2) is 26.2 Å². The second kappa shape index (κ2) is 20.3. The van der Waals surface area contributed by atoms with Gasteiger partial charge in [0.2, 0.25) is 0 Å². The molecule has 0 spiro atoms. The summed E-state index contributed by atoms with van der Waals surface area (Å²) < 4.78 is 0. The maximum atomic E-state index is 3.46. The smallest absolute Gasteiger partial charge is 0.00484 e. The lowest BCUT2D eigenvalue weighted by Crippen LogP contribution is -2.20. The minimum absolute atomic E-state index is 1.19. The van der Waals surface area contributed by atoms with Crippen LogP contribution in [0.15, 0.2) is 0 Å². The van der Waals surface area contributed by atoms with Crippen LogP contribution in [0.3, 0.4) is 0 Å². The molecule has 0 aliphatic carbocycles. The van der Waals surface area contributed by atoms with E-state index in [1.165, 1.54) is 64.7 Å². The Morgan fingerprint density at radius 3 is 1.19 bits per heavy atom. The van der Waals surface area contributed by atoms with Gasteiger partial charge in [-0.2, -0.15) is 0 Å². The number of rotatable bonds is 11. The average molecular weight is 230 g/mol. The van der Waals surface area contributed by atoms with Gasteiger partial charge < -0.3 is 10.6 Å². The summed E-state index contributed by atoms with van der Waals surface area (Å²) in [6.45, 7) is 13.2. The molecule has 100 valence electrons. The Bertz CT molecular complexity index is 82.7. The van der Waals surface area contributed by atoms with Crippen molar-refractivity contribution in [2.75, 3.05) is 26.2 Å². The van der Waals surface area contributed by atoms with Gasteiger partial charge in [-0.3, -0.25) is 0 Å². The third-order valence-electron chi connectivity index (χ3n) is 2.37. The fraction of sp³-hybridized carbons (Fsp3) is 1.00. The molecule has 2 nitrogen and oxygen atoms in total. The largest absolute Gasteiger partial charge is 0.317 e. The predicted molar refractivity (Wildman–Crippen MR) is 76.1 cm³/mol. The molecule has 16 heavy (non-hydrogen) atoms. The highest BCUT2D eigenvalue weighted by Crippen LogP contribution is 1.88. The van der Waals surface area contributed by atoms with E-state index < -0.39 is 0 Å². The van der Waals surface area contributed by atoms with Crippen LogP contribution in [0.5, 0.6) is 0 Å². The van der Waals surface area contributed by atoms with Gasteiger partial charge in [-0.1, -0.05) is 40.5 Å². The lowest BCUT2D eigenvalue weighted by atomic mass is 10.3. The second-order valence-electron chi connectivity index (χ2n) is 3.91. The molecule has 0 aromatic carbocycles. The van der Waals surface area contributed by atoms with Crippen LogP contribution in [0, 0.1) is 0 Å². The van der Waals surface area contributed by atoms with Crippen LogP contribution in [0.25, 0.3) is 0 Å². The monoisotopic (exact) mass is 230 g/mol. The molecule has 0 amide bonds. The van der Waals surface area contributed by atoms with E-state index in [4.69, 9.17) is 0 Å². The molecule has 0 aromatic heterocycles. The van der Waals surface area contributed by atoms with Crippen molar-refractivity contribution in [3.8, 4) is 0 Å². The van der Waals surface area contributed by atoms with Crippen molar-refractivity contribution in [1.29, 1.82) is 0 Å². The van der Waals surface area contributed by atoms with Crippen molar-refractivity contribution < 1.29 is 0 Å². The molecule has 0 saturated carbocycles. The van der Waals surface area contributed by atoms with Gasteiger partial charge in [-0.25, -0.2) is 0 Å². The van der Waals surface area contributed by atoms with E-state index in [1.807, 2.05) is 13.8 Å². The molecule has 0 aromatic rings. The summed E-state index contributed by atoms with van der Waals surface area (Å²) in [6.07, 6.45) is 7.84. The predicted octanol–water partition coefficient (Wildman–Crippen LogP) is 3.57. The topological polar surface area (TPSA) is 24.1 Å². The van der Waals surface area contributed by atoms with Crippen molar-refractivity contribution in [3.63, 3.8) is 0 Å². The molecule has 0 bridgehead atoms. The van der Waals surface area contributed by atoms with Gasteiger partial charge in [0.15, 0.2) is 0 Å². The number of nitrogens with one attached hydrogen (secondary N) is 2. The Labute approximate surface area is 104 Å². The molecule has 0 aliphatic heterocycles. The summed E-state index contributed by atoms with van der Waals surface area (Å²) >= 11 is 0. The number of hydrogen-bond acceptors (Lipinski definition) is 2. The van der Waals surface area contributed by atoms with E-state index in [0.29, 0.717) is 0 Å². The van der Waals surface area contributed by atoms with E-state index in [1.54, 1.807) is 0 Å². The quantitative estimate of drug-likeness (QED) is 0.530. The molecule has 0 fully saturated rings. The lowest BCUT2D eigenvalue weighted by molar-refractivity contribution is 0.564. The number of unbranched alkanes of at least 4 members (excludes halogenated alkanes) is 3. The van der Waals surface area contributed by atoms with Crippen molar-refractivity contribution in [1.82, 2.24) is 10.6 Å². The van der Waals surface area contributed by atoms with Crippen LogP contribution in [0.4, 0.5) is 0 Å². The Balaban J connectivity index is 0. The molecule has 0 saturated heterocycles. The molecule has 0 unspecified atom stereocenters. The van der Waals surface area contributed by atoms with E-state index >= 15 is 0 Å². The maximum absolute atomic E-state index is 3.46. The first-order valence-electron chi connectivity index (χ1n) is 7.33. The Morgan fingerprint density at radius 1 is 0.562 bits per heavy atom. The first kappa shape index (κ1) is 18.3. The van der Waals surface area contributed by atoms with Crippen LogP contribution in [0.2, 0.25) is 0 Å². The van der Waals surface area contributed by atoms with Crippen LogP contribution in [0.1, 0.15) is 66.2 Å². The number of hydrogen-bond donors (Lipinski definition) is 2. The minimum Gasteiger partial charge on any atom is -0.317 e. The highest BCUT2D eigenvalue weighted by atomic mass is 14.9. The zero-order valence-electron chi connectivity index (χ0n) is 12.1. The Hall–Kier alpha value is -0.0800. The van der Waals surface area contributed by atoms with Crippen LogP contribution >= 0.6 is 0 Å². The summed E-state index contributed by atoms with van der Waals surface area (Å²) in [5, 5.41) is 6.92. The fourth-order valence-corrected chi connectivity index (χ4v) is 1.35. The fourth-order valence-electron chi connectivity index (χ4n) is 1.35. The summed E-state index contributed by atoms with van der Waals surface area (Å²) in [5.74, 6) is 0. The molecule has 2 N–H and O–H groups in total. The zero-order valence-corrected chi connectivity index (χ0v) is 12.1. The zero-order chi connectivity index (χ0) is 12.5. The average Bonchev–Trinajstić information content (AvgIpc) is 2.34. The highest BCUT2D eigenvalue weighted by Gasteiger charge is 1.89. The molecule has 0 radical (unpaired) electrons. The van der Waals surface area contributed by atoms with Gasteiger partial charge in [0, 0.05) is 0 Å². The summed E-state index contributed by atoms with van der Waals surface area (Å²) in [5.41, 5.74) is 0. The van der Waals surface area contributed by atoms with Crippen molar-refractivity contribution in [3.05, 3.63) is 0 Å². The SMILES string of the molecule is CC.CCCCNCCCCNCCCC. The molecule has 0 atom stereocenters. The van der Waals surface area contributed by atoms with Gasteiger partial charge in [-0.05, 0) is 51.9 Å². The van der Waals surface area contributed by atoms with Gasteiger partial charge in [0.1, 0.15) is 0 Å². The third kappa shape index (κ3) is 19.5. The maximum Gasteiger partial charge on any atom is -0.00484 e. The molecular formula is C14H34N2. The summed E-state index contributed by atoms with van der Waals surface area (Å²) in [6, 6.07) is 0. The van der Waals surface area contributed by atoms with Crippen molar-refractivity contribution >= 4 is 0 Å². The van der Waals surface area contributed by atoms with Gasteiger partial charge in [0.25, 0.3) is 0 Å². The van der Waals surface area contributed by atoms with Crippen molar-refractivity contribution in [2.24, 2.45) is 0 Å².